The molecule has 0 amide bonds. The van der Waals surface area contributed by atoms with Crippen molar-refractivity contribution in [2.24, 2.45) is 5.10 Å². The number of hydrogen-bond donors (Lipinski definition) is 2. The summed E-state index contributed by atoms with van der Waals surface area (Å²) in [5.41, 5.74) is 4.47. The van der Waals surface area contributed by atoms with Gasteiger partial charge in [0.1, 0.15) is 0 Å². The number of nitrogens with one attached hydrogen (secondary N) is 2. The highest BCUT2D eigenvalue weighted by molar-refractivity contribution is 7.80. The fourth-order valence-corrected chi connectivity index (χ4v) is 1.55. The zero-order valence-electron chi connectivity index (χ0n) is 11.7. The minimum atomic E-state index is 0.536. The number of aromatic nitrogens is 1. The lowest BCUT2D eigenvalue weighted by atomic mass is 10.3. The van der Waals surface area contributed by atoms with E-state index in [2.05, 4.69) is 39.8 Å². The van der Waals surface area contributed by atoms with Crippen LogP contribution in [0.5, 0.6) is 0 Å². The average molecular weight is 279 g/mol. The first-order valence-corrected chi connectivity index (χ1v) is 6.64. The molecule has 0 atom stereocenters. The van der Waals surface area contributed by atoms with Gasteiger partial charge in [0.25, 0.3) is 0 Å². The lowest BCUT2D eigenvalue weighted by Gasteiger charge is -2.11. The molecule has 0 aromatic carbocycles. The van der Waals surface area contributed by atoms with Gasteiger partial charge in [0.2, 0.25) is 0 Å². The van der Waals surface area contributed by atoms with Gasteiger partial charge < -0.3 is 10.2 Å². The molecule has 0 radical (unpaired) electrons. The van der Waals surface area contributed by atoms with E-state index < -0.39 is 0 Å². The lowest BCUT2D eigenvalue weighted by Crippen LogP contribution is -2.34. The molecule has 19 heavy (non-hydrogen) atoms. The molecule has 0 aliphatic carbocycles. The van der Waals surface area contributed by atoms with E-state index in [1.54, 1.807) is 6.20 Å². The van der Waals surface area contributed by atoms with Crippen LogP contribution in [0.2, 0.25) is 0 Å². The maximum absolute atomic E-state index is 5.14. The molecule has 0 unspecified atom stereocenters. The largest absolute Gasteiger partial charge is 0.361 e. The second kappa shape index (κ2) is 8.55. The van der Waals surface area contributed by atoms with Crippen molar-refractivity contribution in [2.45, 2.75) is 13.3 Å². The molecule has 0 spiro atoms. The van der Waals surface area contributed by atoms with E-state index in [4.69, 9.17) is 12.2 Å². The van der Waals surface area contributed by atoms with E-state index >= 15 is 0 Å². The van der Waals surface area contributed by atoms with Gasteiger partial charge in [-0.2, -0.15) is 5.10 Å². The molecule has 0 saturated heterocycles. The minimum Gasteiger partial charge on any atom is -0.361 e. The summed E-state index contributed by atoms with van der Waals surface area (Å²) in [6, 6.07) is 5.72. The Bertz CT molecular complexity index is 416. The maximum atomic E-state index is 5.14. The van der Waals surface area contributed by atoms with Crippen LogP contribution >= 0.6 is 12.2 Å². The average Bonchev–Trinajstić information content (AvgIpc) is 2.41. The second-order valence-corrected chi connectivity index (χ2v) is 4.84. The predicted molar refractivity (Wildman–Crippen MR) is 83.4 cm³/mol. The third kappa shape index (κ3) is 6.83. The number of thiocarbonyl (C=S) groups is 1. The third-order valence-corrected chi connectivity index (χ3v) is 2.66. The molecule has 1 rings (SSSR count). The summed E-state index contributed by atoms with van der Waals surface area (Å²) in [7, 11) is 4.11. The van der Waals surface area contributed by atoms with Crippen LogP contribution in [0.15, 0.2) is 29.5 Å². The van der Waals surface area contributed by atoms with Crippen LogP contribution in [0.4, 0.5) is 0 Å². The van der Waals surface area contributed by atoms with Crippen LogP contribution in [0.25, 0.3) is 0 Å². The minimum absolute atomic E-state index is 0.536. The van der Waals surface area contributed by atoms with Gasteiger partial charge in [-0.1, -0.05) is 6.07 Å². The third-order valence-electron chi connectivity index (χ3n) is 2.43. The number of hydrogen-bond acceptors (Lipinski definition) is 4. The predicted octanol–water partition coefficient (Wildman–Crippen LogP) is 1.22. The normalized spacial score (nSPS) is 11.5. The Morgan fingerprint density at radius 3 is 2.84 bits per heavy atom. The fraction of sp³-hybridized carbons (Fsp3) is 0.462. The summed E-state index contributed by atoms with van der Waals surface area (Å²) in [6.45, 7) is 3.76. The van der Waals surface area contributed by atoms with Gasteiger partial charge in [-0.3, -0.25) is 10.4 Å². The monoisotopic (exact) mass is 279 g/mol. The van der Waals surface area contributed by atoms with Gasteiger partial charge in [-0.25, -0.2) is 0 Å². The lowest BCUT2D eigenvalue weighted by molar-refractivity contribution is 0.400. The highest BCUT2D eigenvalue weighted by Crippen LogP contribution is 1.94. The molecule has 2 N–H and O–H groups in total. The summed E-state index contributed by atoms with van der Waals surface area (Å²) in [4.78, 5) is 6.35. The second-order valence-electron chi connectivity index (χ2n) is 4.44. The van der Waals surface area contributed by atoms with E-state index in [1.807, 2.05) is 25.1 Å². The zero-order valence-corrected chi connectivity index (χ0v) is 12.5. The first-order chi connectivity index (χ1) is 9.09. The molecule has 1 aromatic rings. The summed E-state index contributed by atoms with van der Waals surface area (Å²) in [5, 5.41) is 7.85. The Labute approximate surface area is 120 Å². The SMILES string of the molecule is C/C(=N\NC(=S)NCCCN(C)C)c1ccccn1. The van der Waals surface area contributed by atoms with Crippen LogP contribution in [0.1, 0.15) is 19.0 Å². The van der Waals surface area contributed by atoms with Gasteiger partial charge in [-0.05, 0) is 58.3 Å². The van der Waals surface area contributed by atoms with Crippen LogP contribution in [0, 0.1) is 0 Å². The van der Waals surface area contributed by atoms with Crippen LogP contribution in [0.3, 0.4) is 0 Å². The molecule has 0 saturated carbocycles. The molecule has 1 heterocycles. The maximum Gasteiger partial charge on any atom is 0.186 e. The van der Waals surface area contributed by atoms with Gasteiger partial charge in [0.15, 0.2) is 5.11 Å². The van der Waals surface area contributed by atoms with Gasteiger partial charge in [-0.15, -0.1) is 0 Å². The summed E-state index contributed by atoms with van der Waals surface area (Å²) in [6.07, 6.45) is 2.78. The van der Waals surface area contributed by atoms with Crippen LogP contribution < -0.4 is 10.7 Å². The molecule has 0 fully saturated rings. The quantitative estimate of drug-likeness (QED) is 0.355. The Kier molecular flexibility index (Phi) is 6.99. The van der Waals surface area contributed by atoms with Crippen molar-refractivity contribution in [3.05, 3.63) is 30.1 Å². The van der Waals surface area contributed by atoms with Crippen LogP contribution in [-0.2, 0) is 0 Å². The summed E-state index contributed by atoms with van der Waals surface area (Å²) < 4.78 is 0. The van der Waals surface area contributed by atoms with E-state index in [-0.39, 0.29) is 0 Å². The van der Waals surface area contributed by atoms with Crippen molar-refractivity contribution >= 4 is 23.0 Å². The van der Waals surface area contributed by atoms with E-state index in [1.165, 1.54) is 0 Å². The highest BCUT2D eigenvalue weighted by atomic mass is 32.1. The van der Waals surface area contributed by atoms with E-state index in [0.29, 0.717) is 5.11 Å². The van der Waals surface area contributed by atoms with E-state index in [9.17, 15) is 0 Å². The topological polar surface area (TPSA) is 52.6 Å². The Balaban J connectivity index is 2.29. The summed E-state index contributed by atoms with van der Waals surface area (Å²) in [5.74, 6) is 0. The molecule has 0 bridgehead atoms. The Hall–Kier alpha value is -1.53. The first-order valence-electron chi connectivity index (χ1n) is 6.24. The number of pyridine rings is 1. The van der Waals surface area contributed by atoms with Gasteiger partial charge >= 0.3 is 0 Å². The Morgan fingerprint density at radius 2 is 2.21 bits per heavy atom. The molecular weight excluding hydrogens is 258 g/mol. The zero-order chi connectivity index (χ0) is 14.1. The molecule has 0 aliphatic rings. The van der Waals surface area contributed by atoms with Gasteiger partial charge in [0, 0.05) is 12.7 Å². The van der Waals surface area contributed by atoms with Gasteiger partial charge in [0.05, 0.1) is 11.4 Å². The molecule has 0 aliphatic heterocycles. The van der Waals surface area contributed by atoms with Crippen molar-refractivity contribution in [2.75, 3.05) is 27.2 Å². The standard InChI is InChI=1S/C13H21N5S/c1-11(12-7-4-5-8-14-12)16-17-13(19)15-9-6-10-18(2)3/h4-5,7-8H,6,9-10H2,1-3H3,(H2,15,17,19)/b16-11+. The Morgan fingerprint density at radius 1 is 1.42 bits per heavy atom. The van der Waals surface area contributed by atoms with Crippen molar-refractivity contribution in [3.8, 4) is 0 Å². The number of hydrazone groups is 1. The molecule has 104 valence electrons. The molecule has 5 nitrogen and oxygen atoms in total. The summed E-state index contributed by atoms with van der Waals surface area (Å²) >= 11 is 5.14. The highest BCUT2D eigenvalue weighted by Gasteiger charge is 1.98. The molecule has 1 aromatic heterocycles. The van der Waals surface area contributed by atoms with Crippen molar-refractivity contribution in [1.29, 1.82) is 0 Å². The smallest absolute Gasteiger partial charge is 0.186 e. The molecule has 6 heteroatoms. The van der Waals surface area contributed by atoms with Crippen molar-refractivity contribution in [1.82, 2.24) is 20.6 Å². The number of nitrogens with zero attached hydrogens (tertiary/aromatic N) is 3. The molecular formula is C13H21N5S. The first kappa shape index (κ1) is 15.5. The van der Waals surface area contributed by atoms with E-state index in [0.717, 1.165) is 30.9 Å². The fourth-order valence-electron chi connectivity index (χ4n) is 1.41. The van der Waals surface area contributed by atoms with Crippen molar-refractivity contribution in [3.63, 3.8) is 0 Å². The van der Waals surface area contributed by atoms with Crippen molar-refractivity contribution < 1.29 is 0 Å². The van der Waals surface area contributed by atoms with Crippen LogP contribution in [-0.4, -0.2) is 47.9 Å². The number of rotatable bonds is 6.